The molecule has 1 aromatic carbocycles. The molecule has 0 aromatic heterocycles. The number of carbonyl (C=O) groups excluding carboxylic acids is 1. The van der Waals surface area contributed by atoms with E-state index in [1.807, 2.05) is 0 Å². The molecular formula is C12H15FO2. The first-order valence-corrected chi connectivity index (χ1v) is 4.85. The van der Waals surface area contributed by atoms with E-state index in [0.717, 1.165) is 5.56 Å². The first-order valence-electron chi connectivity index (χ1n) is 4.85. The summed E-state index contributed by atoms with van der Waals surface area (Å²) in [6.45, 7) is 2.96. The summed E-state index contributed by atoms with van der Waals surface area (Å²) in [5.41, 5.74) is 1.24. The lowest BCUT2D eigenvalue weighted by Crippen LogP contribution is -2.02. The van der Waals surface area contributed by atoms with E-state index < -0.39 is 6.17 Å². The molecule has 1 unspecified atom stereocenters. The van der Waals surface area contributed by atoms with Gasteiger partial charge < -0.3 is 4.74 Å². The van der Waals surface area contributed by atoms with Crippen molar-refractivity contribution in [2.24, 2.45) is 0 Å². The van der Waals surface area contributed by atoms with Crippen LogP contribution in [-0.2, 0) is 11.2 Å². The number of rotatable bonds is 4. The summed E-state index contributed by atoms with van der Waals surface area (Å²) >= 11 is 0. The van der Waals surface area contributed by atoms with Crippen LogP contribution in [0.25, 0.3) is 0 Å². The Morgan fingerprint density at radius 3 is 2.67 bits per heavy atom. The molecule has 0 amide bonds. The molecule has 0 N–H and O–H groups in total. The Morgan fingerprint density at radius 2 is 2.20 bits per heavy atom. The number of hydrogen-bond donors (Lipinski definition) is 0. The van der Waals surface area contributed by atoms with E-state index in [9.17, 15) is 9.18 Å². The van der Waals surface area contributed by atoms with Crippen LogP contribution in [0.2, 0.25) is 0 Å². The highest BCUT2D eigenvalue weighted by atomic mass is 19.1. The summed E-state index contributed by atoms with van der Waals surface area (Å²) in [5, 5.41) is 0. The van der Waals surface area contributed by atoms with E-state index in [0.29, 0.717) is 11.3 Å². The maximum atomic E-state index is 13.2. The van der Waals surface area contributed by atoms with Crippen molar-refractivity contribution in [2.45, 2.75) is 26.4 Å². The van der Waals surface area contributed by atoms with E-state index in [-0.39, 0.29) is 12.2 Å². The van der Waals surface area contributed by atoms with Crippen molar-refractivity contribution in [1.82, 2.24) is 0 Å². The smallest absolute Gasteiger partial charge is 0.134 e. The zero-order valence-corrected chi connectivity index (χ0v) is 9.21. The van der Waals surface area contributed by atoms with Gasteiger partial charge in [0, 0.05) is 17.5 Å². The SMILES string of the molecule is COc1c(CC(C)=O)cccc1C(C)F. The number of halogens is 1. The summed E-state index contributed by atoms with van der Waals surface area (Å²) < 4.78 is 18.4. The van der Waals surface area contributed by atoms with Gasteiger partial charge in [0.15, 0.2) is 0 Å². The summed E-state index contributed by atoms with van der Waals surface area (Å²) in [4.78, 5) is 11.0. The highest BCUT2D eigenvalue weighted by Crippen LogP contribution is 2.31. The lowest BCUT2D eigenvalue weighted by Gasteiger charge is -2.13. The molecule has 3 heteroatoms. The van der Waals surface area contributed by atoms with Crippen LogP contribution in [0, 0.1) is 0 Å². The van der Waals surface area contributed by atoms with Gasteiger partial charge in [-0.25, -0.2) is 4.39 Å². The zero-order valence-electron chi connectivity index (χ0n) is 9.21. The van der Waals surface area contributed by atoms with Gasteiger partial charge in [-0.3, -0.25) is 4.79 Å². The van der Waals surface area contributed by atoms with Crippen molar-refractivity contribution in [3.8, 4) is 5.75 Å². The Bertz CT molecular complexity index is 359. The molecule has 0 saturated carbocycles. The number of ether oxygens (including phenoxy) is 1. The van der Waals surface area contributed by atoms with Crippen molar-refractivity contribution in [2.75, 3.05) is 7.11 Å². The maximum Gasteiger partial charge on any atom is 0.134 e. The van der Waals surface area contributed by atoms with E-state index >= 15 is 0 Å². The van der Waals surface area contributed by atoms with Crippen LogP contribution in [0.3, 0.4) is 0 Å². The van der Waals surface area contributed by atoms with Crippen LogP contribution in [0.5, 0.6) is 5.75 Å². The van der Waals surface area contributed by atoms with Crippen LogP contribution in [0.1, 0.15) is 31.1 Å². The number of para-hydroxylation sites is 1. The molecule has 0 fully saturated rings. The van der Waals surface area contributed by atoms with Gasteiger partial charge in [0.05, 0.1) is 7.11 Å². The number of methoxy groups -OCH3 is 1. The number of alkyl halides is 1. The fraction of sp³-hybridized carbons (Fsp3) is 0.417. The van der Waals surface area contributed by atoms with Gasteiger partial charge in [-0.1, -0.05) is 18.2 Å². The molecule has 0 radical (unpaired) electrons. The standard InChI is InChI=1S/C12H15FO2/c1-8(14)7-10-5-4-6-11(9(2)13)12(10)15-3/h4-6,9H,7H2,1-3H3. The Kier molecular flexibility index (Phi) is 3.83. The van der Waals surface area contributed by atoms with E-state index in [1.165, 1.54) is 21.0 Å². The maximum absolute atomic E-state index is 13.2. The minimum atomic E-state index is -1.09. The van der Waals surface area contributed by atoms with Crippen LogP contribution < -0.4 is 4.74 Å². The highest BCUT2D eigenvalue weighted by molar-refractivity contribution is 5.79. The molecule has 0 aliphatic rings. The first kappa shape index (κ1) is 11.7. The van der Waals surface area contributed by atoms with Crippen molar-refractivity contribution in [3.05, 3.63) is 29.3 Å². The molecule has 15 heavy (non-hydrogen) atoms. The van der Waals surface area contributed by atoms with Gasteiger partial charge in [0.2, 0.25) is 0 Å². The fourth-order valence-electron chi connectivity index (χ4n) is 1.57. The normalized spacial score (nSPS) is 12.3. The number of ketones is 1. The number of carbonyl (C=O) groups is 1. The minimum Gasteiger partial charge on any atom is -0.496 e. The number of Topliss-reactive ketones (excluding diaryl/α,β-unsaturated/α-hetero) is 1. The van der Waals surface area contributed by atoms with E-state index in [1.54, 1.807) is 18.2 Å². The van der Waals surface area contributed by atoms with Gasteiger partial charge >= 0.3 is 0 Å². The summed E-state index contributed by atoms with van der Waals surface area (Å²) in [5.74, 6) is 0.527. The monoisotopic (exact) mass is 210 g/mol. The molecule has 0 saturated heterocycles. The number of hydrogen-bond acceptors (Lipinski definition) is 2. The Hall–Kier alpha value is -1.38. The van der Waals surface area contributed by atoms with Crippen LogP contribution in [0.4, 0.5) is 4.39 Å². The molecule has 0 aliphatic heterocycles. The van der Waals surface area contributed by atoms with E-state index in [4.69, 9.17) is 4.74 Å². The molecule has 0 spiro atoms. The molecule has 0 aliphatic carbocycles. The van der Waals surface area contributed by atoms with Gasteiger partial charge in [0.1, 0.15) is 17.7 Å². The largest absolute Gasteiger partial charge is 0.496 e. The van der Waals surface area contributed by atoms with Gasteiger partial charge in [-0.15, -0.1) is 0 Å². The van der Waals surface area contributed by atoms with E-state index in [2.05, 4.69) is 0 Å². The molecule has 0 heterocycles. The fourth-order valence-corrected chi connectivity index (χ4v) is 1.57. The van der Waals surface area contributed by atoms with Crippen molar-refractivity contribution in [1.29, 1.82) is 0 Å². The quantitative estimate of drug-likeness (QED) is 0.763. The predicted octanol–water partition coefficient (Wildman–Crippen LogP) is 2.86. The molecule has 1 rings (SSSR count). The lowest BCUT2D eigenvalue weighted by molar-refractivity contribution is -0.116. The van der Waals surface area contributed by atoms with Crippen LogP contribution in [-0.4, -0.2) is 12.9 Å². The van der Waals surface area contributed by atoms with Gasteiger partial charge in [-0.2, -0.15) is 0 Å². The number of benzene rings is 1. The van der Waals surface area contributed by atoms with Crippen molar-refractivity contribution < 1.29 is 13.9 Å². The van der Waals surface area contributed by atoms with Crippen molar-refractivity contribution >= 4 is 5.78 Å². The molecule has 82 valence electrons. The third-order valence-electron chi connectivity index (χ3n) is 2.20. The predicted molar refractivity (Wildman–Crippen MR) is 56.9 cm³/mol. The Balaban J connectivity index is 3.15. The van der Waals surface area contributed by atoms with Gasteiger partial charge in [0.25, 0.3) is 0 Å². The second-order valence-corrected chi connectivity index (χ2v) is 3.53. The Labute approximate surface area is 89.1 Å². The molecule has 1 atom stereocenters. The second-order valence-electron chi connectivity index (χ2n) is 3.53. The zero-order chi connectivity index (χ0) is 11.4. The third-order valence-corrected chi connectivity index (χ3v) is 2.20. The summed E-state index contributed by atoms with van der Waals surface area (Å²) in [7, 11) is 1.49. The topological polar surface area (TPSA) is 26.3 Å². The average Bonchev–Trinajstić information content (AvgIpc) is 2.16. The second kappa shape index (κ2) is 4.91. The summed E-state index contributed by atoms with van der Waals surface area (Å²) in [6.07, 6.45) is -0.809. The molecular weight excluding hydrogens is 195 g/mol. The highest BCUT2D eigenvalue weighted by Gasteiger charge is 2.14. The first-order chi connectivity index (χ1) is 7.06. The van der Waals surface area contributed by atoms with Crippen LogP contribution in [0.15, 0.2) is 18.2 Å². The Morgan fingerprint density at radius 1 is 1.53 bits per heavy atom. The summed E-state index contributed by atoms with van der Waals surface area (Å²) in [6, 6.07) is 5.20. The lowest BCUT2D eigenvalue weighted by atomic mass is 10.0. The van der Waals surface area contributed by atoms with Gasteiger partial charge in [-0.05, 0) is 13.8 Å². The van der Waals surface area contributed by atoms with Crippen LogP contribution >= 0.6 is 0 Å². The third kappa shape index (κ3) is 2.78. The van der Waals surface area contributed by atoms with Crippen molar-refractivity contribution in [3.63, 3.8) is 0 Å². The molecule has 1 aromatic rings. The average molecular weight is 210 g/mol. The molecule has 0 bridgehead atoms. The minimum absolute atomic E-state index is 0.0389. The molecule has 2 nitrogen and oxygen atoms in total.